The molecule has 0 spiro atoms. The van der Waals surface area contributed by atoms with Crippen molar-refractivity contribution in [1.82, 2.24) is 4.90 Å². The molecule has 9 heteroatoms. The van der Waals surface area contributed by atoms with Gasteiger partial charge in [0.15, 0.2) is 18.1 Å². The number of ether oxygens (including phenoxy) is 2. The lowest BCUT2D eigenvalue weighted by Gasteiger charge is -2.36. The number of carbonyl (C=O) groups excluding carboxylic acids is 2. The van der Waals surface area contributed by atoms with Gasteiger partial charge in [-0.05, 0) is 74.3 Å². The fraction of sp³-hybridized carbons (Fsp3) is 0.500. The number of alkyl halides is 3. The van der Waals surface area contributed by atoms with Crippen LogP contribution in [0.4, 0.5) is 18.9 Å². The molecule has 1 aliphatic carbocycles. The van der Waals surface area contributed by atoms with Crippen molar-refractivity contribution in [3.05, 3.63) is 54.1 Å². The number of hydrogen-bond acceptors (Lipinski definition) is 4. The molecule has 0 atom stereocenters. The number of nitrogens with zero attached hydrogens (tertiary/aromatic N) is 1. The van der Waals surface area contributed by atoms with Crippen molar-refractivity contribution < 1.29 is 32.2 Å². The lowest BCUT2D eigenvalue weighted by Crippen LogP contribution is -2.43. The highest BCUT2D eigenvalue weighted by atomic mass is 19.4. The van der Waals surface area contributed by atoms with E-state index in [1.54, 1.807) is 18.2 Å². The maximum absolute atomic E-state index is 12.9. The van der Waals surface area contributed by atoms with Crippen LogP contribution < -0.4 is 14.8 Å². The molecule has 2 fully saturated rings. The number of carbonyl (C=O) groups is 2. The number of benzene rings is 2. The second-order valence-electron chi connectivity index (χ2n) is 9.80. The van der Waals surface area contributed by atoms with Gasteiger partial charge >= 0.3 is 6.18 Å². The molecule has 1 N–H and O–H groups in total. The highest BCUT2D eigenvalue weighted by Gasteiger charge is 2.43. The van der Waals surface area contributed by atoms with Crippen molar-refractivity contribution in [2.45, 2.75) is 50.6 Å². The van der Waals surface area contributed by atoms with E-state index in [9.17, 15) is 22.8 Å². The van der Waals surface area contributed by atoms with Crippen LogP contribution in [0.1, 0.15) is 50.0 Å². The van der Waals surface area contributed by atoms with Crippen molar-refractivity contribution in [2.75, 3.05) is 32.1 Å². The fourth-order valence-corrected chi connectivity index (χ4v) is 5.28. The van der Waals surface area contributed by atoms with E-state index in [2.05, 4.69) is 5.32 Å². The number of hydrogen-bond donors (Lipinski definition) is 1. The third-order valence-electron chi connectivity index (χ3n) is 7.44. The second kappa shape index (κ2) is 11.9. The largest absolute Gasteiger partial charge is 0.493 e. The molecular formula is C28H33F3N2O4. The SMILES string of the molecule is COc1ccccc1OCC(=O)Nc1ccc(C2CCN(C(=O)C3CCC(C(F)(F)F)CC3)CC2)cc1. The van der Waals surface area contributed by atoms with Gasteiger partial charge in [-0.15, -0.1) is 0 Å². The van der Waals surface area contributed by atoms with E-state index in [0.717, 1.165) is 18.4 Å². The maximum atomic E-state index is 12.9. The first-order valence-corrected chi connectivity index (χ1v) is 12.8. The first kappa shape index (κ1) is 26.8. The van der Waals surface area contributed by atoms with Crippen LogP contribution in [0.3, 0.4) is 0 Å². The monoisotopic (exact) mass is 518 g/mol. The highest BCUT2D eigenvalue weighted by molar-refractivity contribution is 5.91. The van der Waals surface area contributed by atoms with Crippen LogP contribution in [0.5, 0.6) is 11.5 Å². The van der Waals surface area contributed by atoms with E-state index < -0.39 is 12.1 Å². The molecule has 2 amide bonds. The molecule has 1 aliphatic heterocycles. The van der Waals surface area contributed by atoms with Gasteiger partial charge in [0.2, 0.25) is 5.91 Å². The molecule has 0 unspecified atom stereocenters. The normalized spacial score (nSPS) is 20.8. The molecule has 1 saturated carbocycles. The molecule has 0 aromatic heterocycles. The van der Waals surface area contributed by atoms with Gasteiger partial charge < -0.3 is 19.7 Å². The van der Waals surface area contributed by atoms with E-state index in [-0.39, 0.29) is 37.2 Å². The van der Waals surface area contributed by atoms with Crippen molar-refractivity contribution in [3.63, 3.8) is 0 Å². The Hall–Kier alpha value is -3.23. The van der Waals surface area contributed by atoms with Crippen molar-refractivity contribution in [1.29, 1.82) is 0 Å². The number of methoxy groups -OCH3 is 1. The number of halogens is 3. The minimum absolute atomic E-state index is 0.00692. The Morgan fingerprint density at radius 3 is 2.14 bits per heavy atom. The van der Waals surface area contributed by atoms with Gasteiger partial charge in [-0.2, -0.15) is 13.2 Å². The van der Waals surface area contributed by atoms with Crippen molar-refractivity contribution in [3.8, 4) is 11.5 Å². The molecule has 0 bridgehead atoms. The molecule has 1 saturated heterocycles. The average Bonchev–Trinajstić information content (AvgIpc) is 2.92. The van der Waals surface area contributed by atoms with E-state index in [1.807, 2.05) is 35.2 Å². The zero-order valence-corrected chi connectivity index (χ0v) is 20.9. The van der Waals surface area contributed by atoms with Gasteiger partial charge in [0.25, 0.3) is 5.91 Å². The Kier molecular flexibility index (Phi) is 8.61. The first-order chi connectivity index (χ1) is 17.7. The number of nitrogens with one attached hydrogen (secondary N) is 1. The predicted molar refractivity (Wildman–Crippen MR) is 134 cm³/mol. The van der Waals surface area contributed by atoms with Crippen LogP contribution >= 0.6 is 0 Å². The Morgan fingerprint density at radius 1 is 0.919 bits per heavy atom. The summed E-state index contributed by atoms with van der Waals surface area (Å²) in [6.07, 6.45) is -1.81. The van der Waals surface area contributed by atoms with E-state index >= 15 is 0 Å². The molecule has 2 aromatic carbocycles. The smallest absolute Gasteiger partial charge is 0.391 e. The number of rotatable bonds is 7. The minimum atomic E-state index is -4.16. The lowest BCUT2D eigenvalue weighted by atomic mass is 9.80. The molecule has 2 aromatic rings. The summed E-state index contributed by atoms with van der Waals surface area (Å²) in [7, 11) is 1.54. The van der Waals surface area contributed by atoms with Crippen LogP contribution in [0.25, 0.3) is 0 Å². The van der Waals surface area contributed by atoms with Gasteiger partial charge in [-0.25, -0.2) is 0 Å². The average molecular weight is 519 g/mol. The van der Waals surface area contributed by atoms with Crippen molar-refractivity contribution in [2.24, 2.45) is 11.8 Å². The van der Waals surface area contributed by atoms with Crippen LogP contribution in [-0.2, 0) is 9.59 Å². The Morgan fingerprint density at radius 2 is 1.54 bits per heavy atom. The molecule has 0 radical (unpaired) electrons. The Labute approximate surface area is 215 Å². The summed E-state index contributed by atoms with van der Waals surface area (Å²) in [6.45, 7) is 1.08. The van der Waals surface area contributed by atoms with Crippen molar-refractivity contribution >= 4 is 17.5 Å². The first-order valence-electron chi connectivity index (χ1n) is 12.8. The summed E-state index contributed by atoms with van der Waals surface area (Å²) in [5.41, 5.74) is 1.81. The molecule has 37 heavy (non-hydrogen) atoms. The summed E-state index contributed by atoms with van der Waals surface area (Å²) in [4.78, 5) is 27.0. The summed E-state index contributed by atoms with van der Waals surface area (Å²) in [6, 6.07) is 14.8. The lowest BCUT2D eigenvalue weighted by molar-refractivity contribution is -0.185. The summed E-state index contributed by atoms with van der Waals surface area (Å²) in [5, 5.41) is 2.82. The quantitative estimate of drug-likeness (QED) is 0.504. The van der Waals surface area contributed by atoms with E-state index in [1.165, 1.54) is 7.11 Å². The third-order valence-corrected chi connectivity index (χ3v) is 7.44. The Bertz CT molecular complexity index is 1060. The van der Waals surface area contributed by atoms with Gasteiger partial charge in [-0.1, -0.05) is 24.3 Å². The molecule has 4 rings (SSSR count). The summed E-state index contributed by atoms with van der Waals surface area (Å²) < 4.78 is 49.5. The zero-order chi connectivity index (χ0) is 26.4. The van der Waals surface area contributed by atoms with Gasteiger partial charge in [0.05, 0.1) is 13.0 Å². The van der Waals surface area contributed by atoms with Gasteiger partial charge in [0, 0.05) is 24.7 Å². The van der Waals surface area contributed by atoms with E-state index in [4.69, 9.17) is 9.47 Å². The number of likely N-dealkylation sites (tertiary alicyclic amines) is 1. The standard InChI is InChI=1S/C28H33F3N2O4/c1-36-24-4-2-3-5-25(24)37-18-26(34)32-23-12-8-19(9-13-23)20-14-16-33(17-15-20)27(35)21-6-10-22(11-7-21)28(29,30)31/h2-5,8-9,12-13,20-22H,6-7,10-11,14-18H2,1H3,(H,32,34). The predicted octanol–water partition coefficient (Wildman–Crippen LogP) is 5.79. The van der Waals surface area contributed by atoms with Crippen LogP contribution in [0.2, 0.25) is 0 Å². The fourth-order valence-electron chi connectivity index (χ4n) is 5.28. The van der Waals surface area contributed by atoms with Crippen LogP contribution in [-0.4, -0.2) is 49.7 Å². The summed E-state index contributed by atoms with van der Waals surface area (Å²) in [5.74, 6) is -0.485. The molecule has 6 nitrogen and oxygen atoms in total. The number of piperidine rings is 1. The maximum Gasteiger partial charge on any atom is 0.391 e. The van der Waals surface area contributed by atoms with Crippen LogP contribution in [0.15, 0.2) is 48.5 Å². The topological polar surface area (TPSA) is 67.9 Å². The highest BCUT2D eigenvalue weighted by Crippen LogP contribution is 2.40. The zero-order valence-electron chi connectivity index (χ0n) is 20.9. The van der Waals surface area contributed by atoms with E-state index in [0.29, 0.717) is 49.0 Å². The third kappa shape index (κ3) is 6.96. The van der Waals surface area contributed by atoms with Gasteiger partial charge in [0.1, 0.15) is 0 Å². The molecule has 1 heterocycles. The Balaban J connectivity index is 1.21. The second-order valence-corrected chi connectivity index (χ2v) is 9.80. The minimum Gasteiger partial charge on any atom is -0.493 e. The number of amides is 2. The molecular weight excluding hydrogens is 485 g/mol. The van der Waals surface area contributed by atoms with Crippen LogP contribution in [0, 0.1) is 11.8 Å². The molecule has 200 valence electrons. The molecule has 2 aliphatic rings. The summed E-state index contributed by atoms with van der Waals surface area (Å²) >= 11 is 0. The van der Waals surface area contributed by atoms with Gasteiger partial charge in [-0.3, -0.25) is 9.59 Å². The number of anilines is 1. The number of para-hydroxylation sites is 2.